The standard InChI is InChI=1S/C9H17N3/c1-6(2)7-10-8(12-11-7)9(3,4)5/h6H,1-5H3,(H,10,11,12). The van der Waals surface area contributed by atoms with Gasteiger partial charge in [0.2, 0.25) is 0 Å². The van der Waals surface area contributed by atoms with Gasteiger partial charge >= 0.3 is 0 Å². The summed E-state index contributed by atoms with van der Waals surface area (Å²) in [4.78, 5) is 4.41. The second-order valence-electron chi connectivity index (χ2n) is 4.45. The van der Waals surface area contributed by atoms with Crippen molar-refractivity contribution in [2.45, 2.75) is 46.0 Å². The highest BCUT2D eigenvalue weighted by atomic mass is 15.2. The Morgan fingerprint density at radius 3 is 2.08 bits per heavy atom. The molecule has 1 heterocycles. The Labute approximate surface area is 73.6 Å². The number of aromatic nitrogens is 3. The molecular weight excluding hydrogens is 150 g/mol. The lowest BCUT2D eigenvalue weighted by atomic mass is 9.96. The molecule has 0 aromatic carbocycles. The Morgan fingerprint density at radius 1 is 1.25 bits per heavy atom. The molecule has 0 fully saturated rings. The predicted molar refractivity (Wildman–Crippen MR) is 49.2 cm³/mol. The number of hydrogen-bond acceptors (Lipinski definition) is 2. The minimum Gasteiger partial charge on any atom is -0.263 e. The topological polar surface area (TPSA) is 41.6 Å². The van der Waals surface area contributed by atoms with E-state index in [2.05, 4.69) is 49.8 Å². The maximum absolute atomic E-state index is 4.41. The molecule has 0 saturated heterocycles. The number of nitrogens with one attached hydrogen (secondary N) is 1. The lowest BCUT2D eigenvalue weighted by Gasteiger charge is -2.12. The van der Waals surface area contributed by atoms with Gasteiger partial charge in [-0.15, -0.1) is 0 Å². The fraction of sp³-hybridized carbons (Fsp3) is 0.778. The molecule has 1 aromatic heterocycles. The molecule has 3 nitrogen and oxygen atoms in total. The zero-order chi connectivity index (χ0) is 9.35. The highest BCUT2D eigenvalue weighted by Gasteiger charge is 2.19. The van der Waals surface area contributed by atoms with Gasteiger partial charge in [0.05, 0.1) is 0 Å². The van der Waals surface area contributed by atoms with Crippen LogP contribution in [0.1, 0.15) is 52.2 Å². The first-order chi connectivity index (χ1) is 5.41. The van der Waals surface area contributed by atoms with E-state index in [4.69, 9.17) is 0 Å². The Balaban J connectivity index is 2.92. The van der Waals surface area contributed by atoms with Crippen molar-refractivity contribution >= 4 is 0 Å². The first-order valence-corrected chi connectivity index (χ1v) is 4.34. The number of H-pyrrole nitrogens is 1. The molecule has 68 valence electrons. The van der Waals surface area contributed by atoms with Gasteiger partial charge in [-0.1, -0.05) is 34.6 Å². The summed E-state index contributed by atoms with van der Waals surface area (Å²) in [6.07, 6.45) is 0. The number of aromatic amines is 1. The van der Waals surface area contributed by atoms with Crippen LogP contribution in [0, 0.1) is 0 Å². The molecule has 1 rings (SSSR count). The fourth-order valence-electron chi connectivity index (χ4n) is 0.868. The average Bonchev–Trinajstić information content (AvgIpc) is 2.30. The van der Waals surface area contributed by atoms with Crippen LogP contribution in [0.15, 0.2) is 0 Å². The van der Waals surface area contributed by atoms with Crippen LogP contribution in [-0.2, 0) is 5.41 Å². The SMILES string of the molecule is CC(C)c1nc(C(C)(C)C)n[nH]1. The molecular formula is C9H17N3. The molecule has 12 heavy (non-hydrogen) atoms. The number of nitrogens with zero attached hydrogens (tertiary/aromatic N) is 2. The van der Waals surface area contributed by atoms with Gasteiger partial charge in [0.25, 0.3) is 0 Å². The van der Waals surface area contributed by atoms with E-state index in [-0.39, 0.29) is 5.41 Å². The van der Waals surface area contributed by atoms with Crippen LogP contribution in [0.25, 0.3) is 0 Å². The average molecular weight is 167 g/mol. The Kier molecular flexibility index (Phi) is 2.22. The molecule has 0 aliphatic rings. The second kappa shape index (κ2) is 2.88. The molecule has 0 atom stereocenters. The summed E-state index contributed by atoms with van der Waals surface area (Å²) < 4.78 is 0. The molecule has 0 amide bonds. The van der Waals surface area contributed by atoms with Crippen LogP contribution >= 0.6 is 0 Å². The smallest absolute Gasteiger partial charge is 0.156 e. The van der Waals surface area contributed by atoms with Gasteiger partial charge in [-0.25, -0.2) is 4.98 Å². The van der Waals surface area contributed by atoms with Crippen LogP contribution in [-0.4, -0.2) is 15.2 Å². The third kappa shape index (κ3) is 1.84. The molecule has 3 heteroatoms. The van der Waals surface area contributed by atoms with E-state index < -0.39 is 0 Å². The second-order valence-corrected chi connectivity index (χ2v) is 4.45. The molecule has 1 aromatic rings. The first-order valence-electron chi connectivity index (χ1n) is 4.34. The van der Waals surface area contributed by atoms with Crippen molar-refractivity contribution in [2.75, 3.05) is 0 Å². The largest absolute Gasteiger partial charge is 0.263 e. The van der Waals surface area contributed by atoms with E-state index in [0.29, 0.717) is 5.92 Å². The van der Waals surface area contributed by atoms with Crippen LogP contribution in [0.4, 0.5) is 0 Å². The predicted octanol–water partition coefficient (Wildman–Crippen LogP) is 2.23. The van der Waals surface area contributed by atoms with Gasteiger partial charge in [0.1, 0.15) is 5.82 Å². The van der Waals surface area contributed by atoms with Crippen molar-refractivity contribution in [1.82, 2.24) is 15.2 Å². The van der Waals surface area contributed by atoms with Crippen molar-refractivity contribution in [2.24, 2.45) is 0 Å². The third-order valence-corrected chi connectivity index (χ3v) is 1.72. The lowest BCUT2D eigenvalue weighted by molar-refractivity contribution is 0.547. The molecule has 0 aliphatic carbocycles. The van der Waals surface area contributed by atoms with Gasteiger partial charge in [-0.3, -0.25) is 5.10 Å². The molecule has 0 aliphatic heterocycles. The Morgan fingerprint density at radius 2 is 1.83 bits per heavy atom. The van der Waals surface area contributed by atoms with Gasteiger partial charge in [0, 0.05) is 11.3 Å². The van der Waals surface area contributed by atoms with Gasteiger partial charge in [0.15, 0.2) is 5.82 Å². The molecule has 0 bridgehead atoms. The highest BCUT2D eigenvalue weighted by molar-refractivity contribution is 5.03. The van der Waals surface area contributed by atoms with Crippen molar-refractivity contribution in [3.8, 4) is 0 Å². The van der Waals surface area contributed by atoms with Crippen LogP contribution < -0.4 is 0 Å². The zero-order valence-electron chi connectivity index (χ0n) is 8.47. The highest BCUT2D eigenvalue weighted by Crippen LogP contribution is 2.19. The maximum atomic E-state index is 4.41. The normalized spacial score (nSPS) is 12.5. The van der Waals surface area contributed by atoms with E-state index in [0.717, 1.165) is 11.6 Å². The first kappa shape index (κ1) is 9.23. The summed E-state index contributed by atoms with van der Waals surface area (Å²) in [5.74, 6) is 2.29. The van der Waals surface area contributed by atoms with Crippen molar-refractivity contribution in [1.29, 1.82) is 0 Å². The van der Waals surface area contributed by atoms with Crippen LogP contribution in [0.5, 0.6) is 0 Å². The monoisotopic (exact) mass is 167 g/mol. The summed E-state index contributed by atoms with van der Waals surface area (Å²) in [5.41, 5.74) is 0.0453. The van der Waals surface area contributed by atoms with E-state index in [1.807, 2.05) is 0 Å². The quantitative estimate of drug-likeness (QED) is 0.696. The van der Waals surface area contributed by atoms with E-state index >= 15 is 0 Å². The molecule has 0 unspecified atom stereocenters. The minimum absolute atomic E-state index is 0.0453. The number of rotatable bonds is 1. The minimum atomic E-state index is 0.0453. The van der Waals surface area contributed by atoms with Crippen molar-refractivity contribution < 1.29 is 0 Å². The maximum Gasteiger partial charge on any atom is 0.156 e. The summed E-state index contributed by atoms with van der Waals surface area (Å²) in [5, 5.41) is 7.12. The van der Waals surface area contributed by atoms with Crippen LogP contribution in [0.3, 0.4) is 0 Å². The molecule has 0 saturated carbocycles. The summed E-state index contributed by atoms with van der Waals surface area (Å²) in [7, 11) is 0. The van der Waals surface area contributed by atoms with E-state index in [9.17, 15) is 0 Å². The lowest BCUT2D eigenvalue weighted by Crippen LogP contribution is -2.13. The Hall–Kier alpha value is -0.860. The van der Waals surface area contributed by atoms with E-state index in [1.54, 1.807) is 0 Å². The molecule has 0 spiro atoms. The summed E-state index contributed by atoms with van der Waals surface area (Å²) >= 11 is 0. The third-order valence-electron chi connectivity index (χ3n) is 1.72. The summed E-state index contributed by atoms with van der Waals surface area (Å²) in [6.45, 7) is 10.5. The van der Waals surface area contributed by atoms with E-state index in [1.165, 1.54) is 0 Å². The van der Waals surface area contributed by atoms with Crippen LogP contribution in [0.2, 0.25) is 0 Å². The van der Waals surface area contributed by atoms with Gasteiger partial charge in [-0.2, -0.15) is 5.10 Å². The number of hydrogen-bond donors (Lipinski definition) is 1. The van der Waals surface area contributed by atoms with Crippen molar-refractivity contribution in [3.05, 3.63) is 11.6 Å². The molecule has 0 radical (unpaired) electrons. The molecule has 1 N–H and O–H groups in total. The fourth-order valence-corrected chi connectivity index (χ4v) is 0.868. The van der Waals surface area contributed by atoms with Crippen molar-refractivity contribution in [3.63, 3.8) is 0 Å². The van der Waals surface area contributed by atoms with Gasteiger partial charge < -0.3 is 0 Å². The van der Waals surface area contributed by atoms with Gasteiger partial charge in [-0.05, 0) is 0 Å². The summed E-state index contributed by atoms with van der Waals surface area (Å²) in [6, 6.07) is 0. The Bertz CT molecular complexity index is 255. The zero-order valence-corrected chi connectivity index (χ0v) is 8.47.